The highest BCUT2D eigenvalue weighted by Gasteiger charge is 2.47. The smallest absolute Gasteiger partial charge is 0.315 e. The molecule has 0 aliphatic heterocycles. The summed E-state index contributed by atoms with van der Waals surface area (Å²) in [7, 11) is -3.57. The fourth-order valence-electron chi connectivity index (χ4n) is 6.77. The average Bonchev–Trinajstić information content (AvgIpc) is 3.48. The van der Waals surface area contributed by atoms with Gasteiger partial charge in [-0.05, 0) is 71.6 Å². The van der Waals surface area contributed by atoms with Crippen LogP contribution in [0.2, 0.25) is 0 Å². The summed E-state index contributed by atoms with van der Waals surface area (Å²) in [4.78, 5) is 68.7. The summed E-state index contributed by atoms with van der Waals surface area (Å²) in [5.41, 5.74) is -1.57. The number of hydrogen-bond acceptors (Lipinski definition) is 7. The van der Waals surface area contributed by atoms with E-state index in [4.69, 9.17) is 6.42 Å². The fraction of sp³-hybridized carbons (Fsp3) is 0.750. The van der Waals surface area contributed by atoms with Crippen LogP contribution in [0.4, 0.5) is 4.79 Å². The number of nitrogens with zero attached hydrogens (tertiary/aromatic N) is 1. The van der Waals surface area contributed by atoms with Crippen molar-refractivity contribution in [2.24, 2.45) is 5.41 Å². The summed E-state index contributed by atoms with van der Waals surface area (Å²) in [6.07, 6.45) is 14.1. The van der Waals surface area contributed by atoms with E-state index in [-0.39, 0.29) is 31.7 Å². The van der Waals surface area contributed by atoms with Crippen molar-refractivity contribution in [2.45, 2.75) is 147 Å². The number of sulfone groups is 1. The number of terminal acetylenes is 1. The van der Waals surface area contributed by atoms with E-state index in [0.29, 0.717) is 32.1 Å². The number of Topliss-reactive ketones (excluding diaryl/α,β-unsaturated/α-hetero) is 1. The maximum Gasteiger partial charge on any atom is 0.315 e. The molecule has 0 aromatic carbocycles. The number of nitrogens with one attached hydrogen (secondary N) is 4. The Morgan fingerprint density at radius 2 is 1.59 bits per heavy atom. The molecule has 12 nitrogen and oxygen atoms in total. The Morgan fingerprint density at radius 3 is 2.12 bits per heavy atom. The number of carbonyl (C=O) groups is 5. The van der Waals surface area contributed by atoms with Gasteiger partial charge in [-0.15, -0.1) is 18.9 Å². The monoisotopic (exact) mass is 705 g/mol. The maximum atomic E-state index is 14.5. The van der Waals surface area contributed by atoms with E-state index >= 15 is 0 Å². The molecule has 2 saturated carbocycles. The predicted octanol–water partition coefficient (Wildman–Crippen LogP) is 3.55. The lowest BCUT2D eigenvalue weighted by atomic mass is 9.79. The molecule has 0 aromatic rings. The minimum absolute atomic E-state index is 0.0339. The van der Waals surface area contributed by atoms with E-state index in [9.17, 15) is 32.4 Å². The molecule has 2 rings (SSSR count). The van der Waals surface area contributed by atoms with Crippen LogP contribution in [0.3, 0.4) is 0 Å². The van der Waals surface area contributed by atoms with Gasteiger partial charge in [-0.2, -0.15) is 0 Å². The first-order chi connectivity index (χ1) is 22.9. The van der Waals surface area contributed by atoms with E-state index in [0.717, 1.165) is 32.1 Å². The molecule has 2 aliphatic carbocycles. The number of rotatable bonds is 17. The van der Waals surface area contributed by atoms with Crippen molar-refractivity contribution in [3.8, 4) is 12.3 Å². The number of amides is 5. The Bertz CT molecular complexity index is 1350. The fourth-order valence-corrected chi connectivity index (χ4v) is 8.29. The molecule has 0 saturated heterocycles. The summed E-state index contributed by atoms with van der Waals surface area (Å²) in [6, 6.07) is -3.86. The third-order valence-electron chi connectivity index (χ3n) is 9.99. The molecule has 276 valence electrons. The largest absolute Gasteiger partial charge is 0.346 e. The van der Waals surface area contributed by atoms with Gasteiger partial charge in [0.1, 0.15) is 12.1 Å². The lowest BCUT2D eigenvalue weighted by Crippen LogP contribution is -2.64. The van der Waals surface area contributed by atoms with Crippen LogP contribution >= 0.6 is 0 Å². The van der Waals surface area contributed by atoms with E-state index in [1.807, 2.05) is 13.8 Å². The Balaban J connectivity index is 2.37. The van der Waals surface area contributed by atoms with Crippen LogP contribution in [0.25, 0.3) is 0 Å². The van der Waals surface area contributed by atoms with Crippen molar-refractivity contribution in [1.82, 2.24) is 26.2 Å². The summed E-state index contributed by atoms with van der Waals surface area (Å²) in [5, 5.41) is 11.0. The van der Waals surface area contributed by atoms with Crippen molar-refractivity contribution in [1.29, 1.82) is 0 Å². The van der Waals surface area contributed by atoms with Gasteiger partial charge in [0, 0.05) is 19.5 Å². The molecule has 2 fully saturated rings. The van der Waals surface area contributed by atoms with Crippen molar-refractivity contribution in [3.63, 3.8) is 0 Å². The Hall–Kier alpha value is -3.40. The number of carbonyl (C=O) groups excluding carboxylic acids is 5. The molecule has 0 heterocycles. The lowest BCUT2D eigenvalue weighted by molar-refractivity contribution is -0.145. The molecule has 0 radical (unpaired) electrons. The van der Waals surface area contributed by atoms with Gasteiger partial charge < -0.3 is 26.2 Å². The zero-order valence-corrected chi connectivity index (χ0v) is 31.2. The second kappa shape index (κ2) is 18.0. The molecular formula is C36H59N5O7S. The van der Waals surface area contributed by atoms with Crippen molar-refractivity contribution in [2.75, 3.05) is 18.8 Å². The quantitative estimate of drug-likeness (QED) is 0.102. The molecule has 3 atom stereocenters. The van der Waals surface area contributed by atoms with Crippen LogP contribution in [0, 0.1) is 17.8 Å². The van der Waals surface area contributed by atoms with Crippen molar-refractivity contribution in [3.05, 3.63) is 12.7 Å². The highest BCUT2D eigenvalue weighted by atomic mass is 32.2. The van der Waals surface area contributed by atoms with Crippen molar-refractivity contribution >= 4 is 39.4 Å². The van der Waals surface area contributed by atoms with Gasteiger partial charge >= 0.3 is 6.03 Å². The van der Waals surface area contributed by atoms with Gasteiger partial charge in [0.05, 0.1) is 22.1 Å². The first-order valence-electron chi connectivity index (χ1n) is 17.6. The molecule has 1 unspecified atom stereocenters. The second-order valence-electron chi connectivity index (χ2n) is 15.0. The third kappa shape index (κ3) is 11.3. The predicted molar refractivity (Wildman–Crippen MR) is 191 cm³/mol. The molecule has 0 bridgehead atoms. The van der Waals surface area contributed by atoms with Gasteiger partial charge in [0.15, 0.2) is 9.84 Å². The first kappa shape index (κ1) is 41.8. The van der Waals surface area contributed by atoms with E-state index in [2.05, 4.69) is 33.8 Å². The molecule has 13 heteroatoms. The minimum atomic E-state index is -3.57. The SMILES string of the molecule is C#CCCC(NC(=O)[C@H](C)N(CCC)C(=O)[C@@H](NC(=O)NC1(CS(=O)(=O)C(C)(C)C)CCCCC1)C1(C)CCCC1)C(=O)C(=O)NCC=C. The van der Waals surface area contributed by atoms with Crippen molar-refractivity contribution < 1.29 is 32.4 Å². The third-order valence-corrected chi connectivity index (χ3v) is 12.8. The standard InChI is InChI=1S/C36H59N5O7S/c1-9-12-18-27(28(42)31(44)37-23-10-2)38-30(43)26(4)41(24-11-3)32(45)29(35(8)19-16-17-20-35)39-33(46)40-36(21-14-13-15-22-36)25-49(47,48)34(5,6)7/h1,10,26-27,29H,2,11-25H2,3-8H3,(H,37,44)(H,38,43)(H2,39,40,46)/t26-,27?,29+/m0/s1. The van der Waals surface area contributed by atoms with Crippen LogP contribution in [-0.2, 0) is 29.0 Å². The van der Waals surface area contributed by atoms with E-state index in [1.165, 1.54) is 11.0 Å². The molecule has 4 N–H and O–H groups in total. The maximum absolute atomic E-state index is 14.5. The molecule has 5 amide bonds. The molecule has 2 aliphatic rings. The van der Waals surface area contributed by atoms with Gasteiger partial charge in [0.2, 0.25) is 17.6 Å². The highest BCUT2D eigenvalue weighted by molar-refractivity contribution is 7.92. The topological polar surface area (TPSA) is 171 Å². The van der Waals surface area contributed by atoms with Gasteiger partial charge in [-0.1, -0.05) is 52.0 Å². The zero-order chi connectivity index (χ0) is 37.0. The lowest BCUT2D eigenvalue weighted by Gasteiger charge is -2.42. The van der Waals surface area contributed by atoms with Crippen LogP contribution in [0.1, 0.15) is 119 Å². The Labute approximate surface area is 293 Å². The highest BCUT2D eigenvalue weighted by Crippen LogP contribution is 2.41. The number of ketones is 1. The van der Waals surface area contributed by atoms with E-state index < -0.39 is 73.2 Å². The number of urea groups is 1. The van der Waals surface area contributed by atoms with Crippen LogP contribution in [-0.4, -0.2) is 90.1 Å². The van der Waals surface area contributed by atoms with Gasteiger partial charge in [-0.3, -0.25) is 19.2 Å². The van der Waals surface area contributed by atoms with Crippen LogP contribution in [0.5, 0.6) is 0 Å². The Morgan fingerprint density at radius 1 is 1.00 bits per heavy atom. The molecule has 49 heavy (non-hydrogen) atoms. The molecule has 0 spiro atoms. The Kier molecular flexibility index (Phi) is 15.4. The number of hydrogen-bond donors (Lipinski definition) is 4. The van der Waals surface area contributed by atoms with Crippen LogP contribution < -0.4 is 21.3 Å². The van der Waals surface area contributed by atoms with E-state index in [1.54, 1.807) is 27.7 Å². The normalized spacial score (nSPS) is 18.9. The van der Waals surface area contributed by atoms with Gasteiger partial charge in [0.25, 0.3) is 5.91 Å². The second-order valence-corrected chi connectivity index (χ2v) is 17.7. The summed E-state index contributed by atoms with van der Waals surface area (Å²) >= 11 is 0. The van der Waals surface area contributed by atoms with Crippen LogP contribution in [0.15, 0.2) is 12.7 Å². The summed E-state index contributed by atoms with van der Waals surface area (Å²) in [5.74, 6) is -0.594. The summed E-state index contributed by atoms with van der Waals surface area (Å²) < 4.78 is 25.7. The summed E-state index contributed by atoms with van der Waals surface area (Å²) in [6.45, 7) is 14.1. The van der Waals surface area contributed by atoms with Gasteiger partial charge in [-0.25, -0.2) is 13.2 Å². The zero-order valence-electron chi connectivity index (χ0n) is 30.4. The minimum Gasteiger partial charge on any atom is -0.346 e. The molecule has 0 aromatic heterocycles. The molecular weight excluding hydrogens is 646 g/mol. The first-order valence-corrected chi connectivity index (χ1v) is 19.3. The average molecular weight is 706 g/mol.